The van der Waals surface area contributed by atoms with Gasteiger partial charge in [-0.25, -0.2) is 4.98 Å². The predicted octanol–water partition coefficient (Wildman–Crippen LogP) is 2.04. The summed E-state index contributed by atoms with van der Waals surface area (Å²) in [5.41, 5.74) is 6.82. The Balaban J connectivity index is 0. The maximum Gasteiger partial charge on any atom is 0.239 e. The Labute approximate surface area is 166 Å². The molecule has 6 nitrogen and oxygen atoms in total. The third kappa shape index (κ3) is 9.39. The number of carbonyl (C=O) groups excluding carboxylic acids is 2. The van der Waals surface area contributed by atoms with Crippen molar-refractivity contribution < 1.29 is 9.59 Å². The van der Waals surface area contributed by atoms with Gasteiger partial charge in [-0.1, -0.05) is 34.6 Å². The van der Waals surface area contributed by atoms with Gasteiger partial charge < -0.3 is 16.4 Å². The minimum absolute atomic E-state index is 0. The molecule has 0 fully saturated rings. The fraction of sp³-hybridized carbons (Fsp3) is 0.688. The quantitative estimate of drug-likeness (QED) is 0.637. The normalized spacial score (nSPS) is 12.0. The lowest BCUT2D eigenvalue weighted by Crippen LogP contribution is -2.47. The zero-order chi connectivity index (χ0) is 17.6. The van der Waals surface area contributed by atoms with E-state index in [0.717, 1.165) is 10.7 Å². The van der Waals surface area contributed by atoms with Gasteiger partial charge in [-0.3, -0.25) is 9.59 Å². The zero-order valence-electron chi connectivity index (χ0n) is 15.4. The predicted molar refractivity (Wildman–Crippen MR) is 108 cm³/mol. The van der Waals surface area contributed by atoms with Crippen molar-refractivity contribution >= 4 is 48.0 Å². The summed E-state index contributed by atoms with van der Waals surface area (Å²) in [7, 11) is 0. The summed E-state index contributed by atoms with van der Waals surface area (Å²) in [6, 6.07) is -0.589. The van der Waals surface area contributed by atoms with Crippen LogP contribution < -0.4 is 16.4 Å². The van der Waals surface area contributed by atoms with Crippen molar-refractivity contribution in [3.05, 3.63) is 16.1 Å². The first kappa shape index (κ1) is 26.3. The molecule has 1 aromatic rings. The van der Waals surface area contributed by atoms with E-state index in [4.69, 9.17) is 5.73 Å². The van der Waals surface area contributed by atoms with Gasteiger partial charge >= 0.3 is 0 Å². The molecule has 0 aliphatic carbocycles. The highest BCUT2D eigenvalue weighted by atomic mass is 35.5. The van der Waals surface area contributed by atoms with Gasteiger partial charge in [-0.05, 0) is 5.92 Å². The fourth-order valence-electron chi connectivity index (χ4n) is 1.73. The second kappa shape index (κ2) is 11.7. The van der Waals surface area contributed by atoms with Crippen molar-refractivity contribution in [1.29, 1.82) is 0 Å². The van der Waals surface area contributed by atoms with Gasteiger partial charge in [-0.15, -0.1) is 36.2 Å². The molecule has 0 aliphatic heterocycles. The van der Waals surface area contributed by atoms with Gasteiger partial charge in [0.25, 0.3) is 0 Å². The number of rotatable bonds is 7. The molecule has 0 unspecified atom stereocenters. The van der Waals surface area contributed by atoms with Crippen molar-refractivity contribution in [2.75, 3.05) is 13.1 Å². The second-order valence-corrected chi connectivity index (χ2v) is 7.91. The lowest BCUT2D eigenvalue weighted by molar-refractivity contribution is -0.127. The Morgan fingerprint density at radius 1 is 1.24 bits per heavy atom. The summed E-state index contributed by atoms with van der Waals surface area (Å²) in [5, 5.41) is 8.38. The average molecular weight is 413 g/mol. The molecule has 0 saturated carbocycles. The highest BCUT2D eigenvalue weighted by molar-refractivity contribution is 7.09. The Morgan fingerprint density at radius 2 is 1.84 bits per heavy atom. The molecule has 0 radical (unpaired) electrons. The molecule has 9 heteroatoms. The van der Waals surface area contributed by atoms with Crippen molar-refractivity contribution in [2.45, 2.75) is 52.5 Å². The zero-order valence-corrected chi connectivity index (χ0v) is 17.9. The summed E-state index contributed by atoms with van der Waals surface area (Å²) in [6.07, 6.45) is 0.686. The van der Waals surface area contributed by atoms with E-state index in [1.54, 1.807) is 11.3 Å². The summed E-state index contributed by atoms with van der Waals surface area (Å²) in [5.74, 6) is -0.480. The number of nitrogens with one attached hydrogen (secondary N) is 2. The van der Waals surface area contributed by atoms with E-state index in [-0.39, 0.29) is 54.5 Å². The van der Waals surface area contributed by atoms with Gasteiger partial charge in [0.05, 0.1) is 23.3 Å². The number of thiazole rings is 1. The maximum atomic E-state index is 11.7. The summed E-state index contributed by atoms with van der Waals surface area (Å²) >= 11 is 1.60. The Hall–Kier alpha value is -0.890. The lowest BCUT2D eigenvalue weighted by Gasteiger charge is -2.15. The van der Waals surface area contributed by atoms with Crippen LogP contribution in [0.15, 0.2) is 5.38 Å². The van der Waals surface area contributed by atoms with Crippen LogP contribution in [0.3, 0.4) is 0 Å². The molecule has 0 saturated heterocycles. The van der Waals surface area contributed by atoms with E-state index >= 15 is 0 Å². The number of nitrogens with two attached hydrogens (primary N) is 1. The number of hydrogen-bond donors (Lipinski definition) is 3. The first-order valence-electron chi connectivity index (χ1n) is 7.86. The minimum Gasteiger partial charge on any atom is -0.354 e. The molecular weight excluding hydrogens is 383 g/mol. The molecule has 1 rings (SSSR count). The van der Waals surface area contributed by atoms with Gasteiger partial charge in [0.1, 0.15) is 0 Å². The second-order valence-electron chi connectivity index (χ2n) is 6.96. The molecule has 0 bridgehead atoms. The van der Waals surface area contributed by atoms with Crippen LogP contribution in [0.5, 0.6) is 0 Å². The van der Waals surface area contributed by atoms with Crippen LogP contribution in [0, 0.1) is 5.92 Å². The number of carbonyl (C=O) groups is 2. The maximum absolute atomic E-state index is 11.7. The molecular formula is C16H30Cl2N4O2S. The van der Waals surface area contributed by atoms with Crippen LogP contribution in [0.1, 0.15) is 45.3 Å². The van der Waals surface area contributed by atoms with Crippen molar-refractivity contribution in [3.8, 4) is 0 Å². The van der Waals surface area contributed by atoms with Gasteiger partial charge in [0.2, 0.25) is 11.8 Å². The van der Waals surface area contributed by atoms with Gasteiger partial charge in [0.15, 0.2) is 0 Å². The van der Waals surface area contributed by atoms with Crippen LogP contribution in [-0.4, -0.2) is 35.9 Å². The van der Waals surface area contributed by atoms with Crippen LogP contribution >= 0.6 is 36.2 Å². The van der Waals surface area contributed by atoms with Crippen LogP contribution in [0.2, 0.25) is 0 Å². The smallest absolute Gasteiger partial charge is 0.239 e. The summed E-state index contributed by atoms with van der Waals surface area (Å²) in [4.78, 5) is 27.9. The molecule has 1 atom stereocenters. The highest BCUT2D eigenvalue weighted by Gasteiger charge is 2.18. The highest BCUT2D eigenvalue weighted by Crippen LogP contribution is 2.23. The molecule has 25 heavy (non-hydrogen) atoms. The summed E-state index contributed by atoms with van der Waals surface area (Å²) in [6.45, 7) is 10.6. The fourth-order valence-corrected chi connectivity index (χ4v) is 2.75. The first-order valence-corrected chi connectivity index (χ1v) is 8.74. The largest absolute Gasteiger partial charge is 0.354 e. The number of amides is 2. The Morgan fingerprint density at radius 3 is 2.32 bits per heavy atom. The molecule has 146 valence electrons. The molecule has 1 heterocycles. The van der Waals surface area contributed by atoms with E-state index in [1.165, 1.54) is 0 Å². The molecule has 4 N–H and O–H groups in total. The minimum atomic E-state index is -0.589. The SMILES string of the molecule is CC(C)[C@H](N)C(=O)NCC(=O)NCCc1nc(C(C)(C)C)cs1.Cl.Cl. The Kier molecular flexibility index (Phi) is 12.3. The number of halogens is 2. The molecule has 0 spiro atoms. The van der Waals surface area contributed by atoms with Crippen LogP contribution in [-0.2, 0) is 21.4 Å². The van der Waals surface area contributed by atoms with Crippen molar-refractivity contribution in [1.82, 2.24) is 15.6 Å². The average Bonchev–Trinajstić information content (AvgIpc) is 2.92. The van der Waals surface area contributed by atoms with Crippen molar-refractivity contribution in [2.24, 2.45) is 11.7 Å². The van der Waals surface area contributed by atoms with E-state index in [2.05, 4.69) is 41.8 Å². The number of hydrogen-bond acceptors (Lipinski definition) is 5. The van der Waals surface area contributed by atoms with Gasteiger partial charge in [-0.2, -0.15) is 0 Å². The molecule has 1 aromatic heterocycles. The third-order valence-corrected chi connectivity index (χ3v) is 4.33. The Bertz CT molecular complexity index is 544. The third-order valence-electron chi connectivity index (χ3n) is 3.43. The van der Waals surface area contributed by atoms with E-state index in [9.17, 15) is 9.59 Å². The lowest BCUT2D eigenvalue weighted by atomic mass is 9.93. The van der Waals surface area contributed by atoms with E-state index in [0.29, 0.717) is 13.0 Å². The van der Waals surface area contributed by atoms with Gasteiger partial charge in [0, 0.05) is 23.8 Å². The topological polar surface area (TPSA) is 97.1 Å². The number of aromatic nitrogens is 1. The van der Waals surface area contributed by atoms with Crippen LogP contribution in [0.4, 0.5) is 0 Å². The van der Waals surface area contributed by atoms with E-state index < -0.39 is 6.04 Å². The van der Waals surface area contributed by atoms with E-state index in [1.807, 2.05) is 13.8 Å². The van der Waals surface area contributed by atoms with Crippen molar-refractivity contribution in [3.63, 3.8) is 0 Å². The molecule has 0 aromatic carbocycles. The number of nitrogens with zero attached hydrogens (tertiary/aromatic N) is 1. The van der Waals surface area contributed by atoms with Crippen LogP contribution in [0.25, 0.3) is 0 Å². The monoisotopic (exact) mass is 412 g/mol. The molecule has 0 aliphatic rings. The standard InChI is InChI=1S/C16H28N4O2S.2ClH/c1-10(2)14(17)15(22)19-8-12(21)18-7-6-13-20-11(9-23-13)16(3,4)5;;/h9-10,14H,6-8,17H2,1-5H3,(H,18,21)(H,19,22);2*1H/t14-;;/m0../s1. The summed E-state index contributed by atoms with van der Waals surface area (Å²) < 4.78 is 0. The first-order chi connectivity index (χ1) is 10.6. The molecule has 2 amide bonds.